The third-order valence-electron chi connectivity index (χ3n) is 5.73. The summed E-state index contributed by atoms with van der Waals surface area (Å²) in [4.78, 5) is 6.92. The van der Waals surface area contributed by atoms with Crippen LogP contribution < -0.4 is 5.32 Å². The maximum Gasteiger partial charge on any atom is 0.193 e. The number of benzene rings is 1. The van der Waals surface area contributed by atoms with Crippen LogP contribution in [0.4, 0.5) is 0 Å². The first kappa shape index (κ1) is 18.5. The molecule has 26 heavy (non-hydrogen) atoms. The lowest BCUT2D eigenvalue weighted by Gasteiger charge is -2.39. The van der Waals surface area contributed by atoms with Crippen molar-refractivity contribution in [2.24, 2.45) is 18.0 Å². The first-order valence-electron chi connectivity index (χ1n) is 9.50. The maximum atomic E-state index is 4.53. The molecule has 0 radical (unpaired) electrons. The lowest BCUT2D eigenvalue weighted by Crippen LogP contribution is -2.47. The number of rotatable bonds is 3. The molecular formula is C21H31N5. The van der Waals surface area contributed by atoms with E-state index in [1.807, 2.05) is 18.8 Å². The fraction of sp³-hybridized carbons (Fsp3) is 0.524. The molecule has 1 fully saturated rings. The van der Waals surface area contributed by atoms with Gasteiger partial charge in [-0.3, -0.25) is 9.67 Å². The molecule has 1 aliphatic heterocycles. The number of aliphatic imine (C=N–C) groups is 1. The average molecular weight is 354 g/mol. The summed E-state index contributed by atoms with van der Waals surface area (Å²) < 4.78 is 1.95. The summed E-state index contributed by atoms with van der Waals surface area (Å²) in [5, 5.41) is 8.05. The second-order valence-corrected chi connectivity index (χ2v) is 7.40. The molecule has 1 N–H and O–H groups in total. The molecule has 1 aromatic heterocycles. The molecule has 0 aliphatic carbocycles. The van der Waals surface area contributed by atoms with Crippen molar-refractivity contribution in [1.29, 1.82) is 0 Å². The van der Waals surface area contributed by atoms with Crippen LogP contribution in [0.15, 0.2) is 35.3 Å². The number of guanidine groups is 1. The number of hydrogen-bond acceptors (Lipinski definition) is 2. The molecule has 5 heteroatoms. The van der Waals surface area contributed by atoms with E-state index >= 15 is 0 Å². The molecule has 1 aliphatic rings. The number of aromatic nitrogens is 2. The van der Waals surface area contributed by atoms with E-state index in [-0.39, 0.29) is 0 Å². The first-order chi connectivity index (χ1) is 12.5. The zero-order valence-electron chi connectivity index (χ0n) is 16.7. The van der Waals surface area contributed by atoms with Gasteiger partial charge in [0.25, 0.3) is 0 Å². The monoisotopic (exact) mass is 353 g/mol. The SMILES string of the molecule is CN=C(NCc1c(C)nn(C)c1C)N1CCC(c2ccccc2)C(C)C1. The van der Waals surface area contributed by atoms with Crippen LogP contribution in [0.5, 0.6) is 0 Å². The summed E-state index contributed by atoms with van der Waals surface area (Å²) in [7, 11) is 3.87. The molecule has 2 aromatic rings. The molecule has 2 unspecified atom stereocenters. The minimum atomic E-state index is 0.603. The van der Waals surface area contributed by atoms with E-state index in [9.17, 15) is 0 Å². The minimum absolute atomic E-state index is 0.603. The van der Waals surface area contributed by atoms with Gasteiger partial charge in [-0.25, -0.2) is 0 Å². The maximum absolute atomic E-state index is 4.53. The van der Waals surface area contributed by atoms with E-state index in [4.69, 9.17) is 0 Å². The predicted molar refractivity (Wildman–Crippen MR) is 107 cm³/mol. The normalized spacial score (nSPS) is 21.1. The van der Waals surface area contributed by atoms with E-state index in [0.717, 1.165) is 37.7 Å². The van der Waals surface area contributed by atoms with Crippen molar-refractivity contribution in [2.45, 2.75) is 39.7 Å². The van der Waals surface area contributed by atoms with Crippen LogP contribution in [0.2, 0.25) is 0 Å². The van der Waals surface area contributed by atoms with Gasteiger partial charge in [-0.05, 0) is 37.7 Å². The Hall–Kier alpha value is -2.30. The number of aryl methyl sites for hydroxylation is 2. The summed E-state index contributed by atoms with van der Waals surface area (Å²) in [6.45, 7) is 9.38. The van der Waals surface area contributed by atoms with Gasteiger partial charge in [0.05, 0.1) is 5.69 Å². The van der Waals surface area contributed by atoms with Crippen molar-refractivity contribution in [1.82, 2.24) is 20.0 Å². The molecular weight excluding hydrogens is 322 g/mol. The van der Waals surface area contributed by atoms with Crippen LogP contribution in [0.3, 0.4) is 0 Å². The van der Waals surface area contributed by atoms with Crippen molar-refractivity contribution in [2.75, 3.05) is 20.1 Å². The number of likely N-dealkylation sites (tertiary alicyclic amines) is 1. The van der Waals surface area contributed by atoms with Crippen molar-refractivity contribution in [3.05, 3.63) is 52.8 Å². The number of nitrogens with one attached hydrogen (secondary N) is 1. The highest BCUT2D eigenvalue weighted by Gasteiger charge is 2.28. The van der Waals surface area contributed by atoms with Gasteiger partial charge in [-0.15, -0.1) is 0 Å². The van der Waals surface area contributed by atoms with Crippen molar-refractivity contribution in [3.63, 3.8) is 0 Å². The highest BCUT2D eigenvalue weighted by atomic mass is 15.3. The van der Waals surface area contributed by atoms with Gasteiger partial charge in [0.2, 0.25) is 0 Å². The first-order valence-corrected chi connectivity index (χ1v) is 9.50. The number of piperidine rings is 1. The van der Waals surface area contributed by atoms with Crippen molar-refractivity contribution < 1.29 is 0 Å². The topological polar surface area (TPSA) is 45.5 Å². The lowest BCUT2D eigenvalue weighted by molar-refractivity contribution is 0.234. The van der Waals surface area contributed by atoms with Gasteiger partial charge in [0.15, 0.2) is 5.96 Å². The Bertz CT molecular complexity index is 762. The smallest absolute Gasteiger partial charge is 0.193 e. The van der Waals surface area contributed by atoms with Gasteiger partial charge in [-0.2, -0.15) is 5.10 Å². The van der Waals surface area contributed by atoms with Crippen LogP contribution in [0, 0.1) is 19.8 Å². The Balaban J connectivity index is 1.63. The van der Waals surface area contributed by atoms with Crippen LogP contribution in [-0.2, 0) is 13.6 Å². The molecule has 5 nitrogen and oxygen atoms in total. The van der Waals surface area contributed by atoms with Crippen LogP contribution in [0.1, 0.15) is 41.8 Å². The highest BCUT2D eigenvalue weighted by molar-refractivity contribution is 5.80. The third kappa shape index (κ3) is 3.76. The fourth-order valence-electron chi connectivity index (χ4n) is 4.11. The van der Waals surface area contributed by atoms with Crippen molar-refractivity contribution in [3.8, 4) is 0 Å². The average Bonchev–Trinajstić information content (AvgIpc) is 2.89. The molecule has 1 aromatic carbocycles. The van der Waals surface area contributed by atoms with Gasteiger partial charge >= 0.3 is 0 Å². The second-order valence-electron chi connectivity index (χ2n) is 7.40. The second kappa shape index (κ2) is 7.94. The molecule has 140 valence electrons. The molecule has 0 spiro atoms. The van der Waals surface area contributed by atoms with Crippen LogP contribution in [0.25, 0.3) is 0 Å². The highest BCUT2D eigenvalue weighted by Crippen LogP contribution is 2.32. The Morgan fingerprint density at radius 3 is 2.58 bits per heavy atom. The summed E-state index contributed by atoms with van der Waals surface area (Å²) in [6.07, 6.45) is 1.16. The van der Waals surface area contributed by atoms with E-state index in [1.54, 1.807) is 0 Å². The van der Waals surface area contributed by atoms with E-state index in [0.29, 0.717) is 11.8 Å². The predicted octanol–water partition coefficient (Wildman–Crippen LogP) is 3.24. The number of nitrogens with zero attached hydrogens (tertiary/aromatic N) is 4. The van der Waals surface area contributed by atoms with Gasteiger partial charge in [0.1, 0.15) is 0 Å². The summed E-state index contributed by atoms with van der Waals surface area (Å²) in [5.74, 6) is 2.23. The van der Waals surface area contributed by atoms with Crippen molar-refractivity contribution >= 4 is 5.96 Å². The summed E-state index contributed by atoms with van der Waals surface area (Å²) in [6, 6.07) is 10.9. The zero-order valence-corrected chi connectivity index (χ0v) is 16.7. The van der Waals surface area contributed by atoms with Gasteiger partial charge in [-0.1, -0.05) is 37.3 Å². The Kier molecular flexibility index (Phi) is 5.64. The summed E-state index contributed by atoms with van der Waals surface area (Å²) in [5.41, 5.74) is 5.02. The molecule has 0 amide bonds. The fourth-order valence-corrected chi connectivity index (χ4v) is 4.11. The van der Waals surface area contributed by atoms with Gasteiger partial charge < -0.3 is 10.2 Å². The minimum Gasteiger partial charge on any atom is -0.352 e. The largest absolute Gasteiger partial charge is 0.352 e. The Morgan fingerprint density at radius 1 is 1.27 bits per heavy atom. The standard InChI is InChI=1S/C21H31N5/c1-15-14-26(12-11-19(15)18-9-7-6-8-10-18)21(22-4)23-13-20-16(2)24-25(5)17(20)3/h6-10,15,19H,11-14H2,1-5H3,(H,22,23). The Labute approximate surface area is 157 Å². The zero-order chi connectivity index (χ0) is 18.7. The van der Waals surface area contributed by atoms with Gasteiger partial charge in [0, 0.05) is 45.0 Å². The third-order valence-corrected chi connectivity index (χ3v) is 5.73. The van der Waals surface area contributed by atoms with E-state index in [2.05, 4.69) is 71.4 Å². The molecule has 0 bridgehead atoms. The van der Waals surface area contributed by atoms with E-state index < -0.39 is 0 Å². The molecule has 0 saturated carbocycles. The summed E-state index contributed by atoms with van der Waals surface area (Å²) >= 11 is 0. The quantitative estimate of drug-likeness (QED) is 0.681. The molecule has 2 heterocycles. The number of hydrogen-bond donors (Lipinski definition) is 1. The molecule has 3 rings (SSSR count). The van der Waals surface area contributed by atoms with Crippen LogP contribution >= 0.6 is 0 Å². The molecule has 2 atom stereocenters. The Morgan fingerprint density at radius 2 is 2.00 bits per heavy atom. The van der Waals surface area contributed by atoms with E-state index in [1.165, 1.54) is 16.8 Å². The lowest BCUT2D eigenvalue weighted by atomic mass is 9.82. The van der Waals surface area contributed by atoms with Crippen LogP contribution in [-0.4, -0.2) is 40.8 Å². The molecule has 1 saturated heterocycles.